The smallest absolute Gasteiger partial charge is 0.230 e. The van der Waals surface area contributed by atoms with Crippen molar-refractivity contribution in [1.82, 2.24) is 14.7 Å². The number of aryl methyl sites for hydroxylation is 1. The maximum Gasteiger partial charge on any atom is 0.230 e. The normalized spacial score (nSPS) is 10.8. The van der Waals surface area contributed by atoms with Gasteiger partial charge in [0.1, 0.15) is 0 Å². The number of rotatable bonds is 6. The third kappa shape index (κ3) is 5.56. The highest BCUT2D eigenvalue weighted by molar-refractivity contribution is 7.98. The molecule has 0 aliphatic rings. The SMILES string of the molecule is Cc1cc(-c2cccc(SNC(=O)CCC(C)C)c2)nc(N)n1. The lowest BCUT2D eigenvalue weighted by atomic mass is 10.1. The molecule has 0 saturated heterocycles. The van der Waals surface area contributed by atoms with Crippen molar-refractivity contribution in [2.75, 3.05) is 5.73 Å². The predicted octanol–water partition coefficient (Wildman–Crippen LogP) is 3.59. The van der Waals surface area contributed by atoms with E-state index in [9.17, 15) is 4.79 Å². The molecule has 1 aromatic heterocycles. The molecule has 1 amide bonds. The van der Waals surface area contributed by atoms with Gasteiger partial charge in [0.05, 0.1) is 5.69 Å². The summed E-state index contributed by atoms with van der Waals surface area (Å²) in [5.74, 6) is 0.844. The summed E-state index contributed by atoms with van der Waals surface area (Å²) in [5, 5.41) is 0. The summed E-state index contributed by atoms with van der Waals surface area (Å²) in [4.78, 5) is 21.1. The van der Waals surface area contributed by atoms with Gasteiger partial charge in [0.15, 0.2) is 0 Å². The Morgan fingerprint density at radius 2 is 2.09 bits per heavy atom. The lowest BCUT2D eigenvalue weighted by Gasteiger charge is -2.08. The van der Waals surface area contributed by atoms with Crippen LogP contribution in [0.25, 0.3) is 11.3 Å². The van der Waals surface area contributed by atoms with Crippen LogP contribution in [0.4, 0.5) is 5.95 Å². The molecule has 0 aliphatic carbocycles. The number of nitrogens with one attached hydrogen (secondary N) is 1. The van der Waals surface area contributed by atoms with Gasteiger partial charge >= 0.3 is 0 Å². The van der Waals surface area contributed by atoms with E-state index in [1.165, 1.54) is 11.9 Å². The van der Waals surface area contributed by atoms with E-state index in [0.29, 0.717) is 12.3 Å². The number of carbonyl (C=O) groups is 1. The van der Waals surface area contributed by atoms with Crippen LogP contribution in [0.2, 0.25) is 0 Å². The fourth-order valence-electron chi connectivity index (χ4n) is 2.04. The Kier molecular flexibility index (Phi) is 5.98. The van der Waals surface area contributed by atoms with E-state index in [-0.39, 0.29) is 11.9 Å². The molecule has 3 N–H and O–H groups in total. The molecule has 1 heterocycles. The second-order valence-electron chi connectivity index (χ2n) is 5.84. The molecule has 6 heteroatoms. The van der Waals surface area contributed by atoms with Gasteiger partial charge in [0, 0.05) is 22.6 Å². The zero-order valence-corrected chi connectivity index (χ0v) is 14.5. The number of hydrogen-bond donors (Lipinski definition) is 2. The van der Waals surface area contributed by atoms with Crippen molar-refractivity contribution in [1.29, 1.82) is 0 Å². The lowest BCUT2D eigenvalue weighted by Crippen LogP contribution is -2.15. The Labute approximate surface area is 141 Å². The second kappa shape index (κ2) is 7.97. The second-order valence-corrected chi connectivity index (χ2v) is 6.72. The molecule has 0 saturated carbocycles. The van der Waals surface area contributed by atoms with Crippen molar-refractivity contribution in [2.45, 2.75) is 38.5 Å². The first-order valence-electron chi connectivity index (χ1n) is 7.61. The monoisotopic (exact) mass is 330 g/mol. The molecule has 0 fully saturated rings. The minimum Gasteiger partial charge on any atom is -0.368 e. The maximum absolute atomic E-state index is 11.8. The van der Waals surface area contributed by atoms with Crippen LogP contribution < -0.4 is 10.5 Å². The van der Waals surface area contributed by atoms with Crippen molar-refractivity contribution in [3.8, 4) is 11.3 Å². The third-order valence-electron chi connectivity index (χ3n) is 3.23. The summed E-state index contributed by atoms with van der Waals surface area (Å²) < 4.78 is 2.88. The number of nitrogen functional groups attached to an aromatic ring is 1. The molecule has 23 heavy (non-hydrogen) atoms. The van der Waals surface area contributed by atoms with Crippen molar-refractivity contribution in [3.63, 3.8) is 0 Å². The Morgan fingerprint density at radius 1 is 1.30 bits per heavy atom. The largest absolute Gasteiger partial charge is 0.368 e. The third-order valence-corrected chi connectivity index (χ3v) is 4.05. The van der Waals surface area contributed by atoms with E-state index < -0.39 is 0 Å². The predicted molar refractivity (Wildman–Crippen MR) is 94.7 cm³/mol. The topological polar surface area (TPSA) is 80.9 Å². The molecule has 2 aromatic rings. The van der Waals surface area contributed by atoms with Crippen LogP contribution in [0.15, 0.2) is 35.2 Å². The number of benzene rings is 1. The molecule has 0 spiro atoms. The molecule has 0 atom stereocenters. The zero-order valence-electron chi connectivity index (χ0n) is 13.7. The van der Waals surface area contributed by atoms with Gasteiger partial charge in [-0.3, -0.25) is 9.52 Å². The van der Waals surface area contributed by atoms with Gasteiger partial charge in [0.25, 0.3) is 0 Å². The van der Waals surface area contributed by atoms with Crippen molar-refractivity contribution in [2.24, 2.45) is 5.92 Å². The van der Waals surface area contributed by atoms with Gasteiger partial charge in [-0.1, -0.05) is 26.0 Å². The lowest BCUT2D eigenvalue weighted by molar-refractivity contribution is -0.119. The summed E-state index contributed by atoms with van der Waals surface area (Å²) in [6.07, 6.45) is 1.44. The van der Waals surface area contributed by atoms with Gasteiger partial charge in [0.2, 0.25) is 11.9 Å². The standard InChI is InChI=1S/C17H22N4OS/c1-11(2)7-8-16(22)21-23-14-6-4-5-13(10-14)15-9-12(3)19-17(18)20-15/h4-6,9-11H,7-8H2,1-3H3,(H,21,22)(H2,18,19,20). The zero-order chi connectivity index (χ0) is 16.8. The average Bonchev–Trinajstić information content (AvgIpc) is 2.50. The fourth-order valence-corrected chi connectivity index (χ4v) is 2.71. The van der Waals surface area contributed by atoms with Crippen LogP contribution in [0.5, 0.6) is 0 Å². The summed E-state index contributed by atoms with van der Waals surface area (Å²) in [6.45, 7) is 6.10. The Bertz CT molecular complexity index is 668. The van der Waals surface area contributed by atoms with Crippen LogP contribution >= 0.6 is 11.9 Å². The van der Waals surface area contributed by atoms with E-state index in [0.717, 1.165) is 28.3 Å². The van der Waals surface area contributed by atoms with Gasteiger partial charge in [-0.15, -0.1) is 0 Å². The van der Waals surface area contributed by atoms with Gasteiger partial charge in [-0.2, -0.15) is 0 Å². The number of hydrogen-bond acceptors (Lipinski definition) is 5. The average molecular weight is 330 g/mol. The highest BCUT2D eigenvalue weighted by atomic mass is 32.2. The summed E-state index contributed by atoms with van der Waals surface area (Å²) >= 11 is 1.32. The molecule has 0 bridgehead atoms. The van der Waals surface area contributed by atoms with Gasteiger partial charge < -0.3 is 5.73 Å². The molecule has 0 unspecified atom stereocenters. The first kappa shape index (κ1) is 17.3. The molecule has 122 valence electrons. The summed E-state index contributed by atoms with van der Waals surface area (Å²) in [7, 11) is 0. The summed E-state index contributed by atoms with van der Waals surface area (Å²) in [6, 6.07) is 9.72. The number of amides is 1. The van der Waals surface area contributed by atoms with Crippen molar-refractivity contribution >= 4 is 23.8 Å². The number of nitrogens with two attached hydrogens (primary N) is 1. The van der Waals surface area contributed by atoms with E-state index in [1.807, 2.05) is 37.3 Å². The van der Waals surface area contributed by atoms with E-state index in [2.05, 4.69) is 28.5 Å². The summed E-state index contributed by atoms with van der Waals surface area (Å²) in [5.41, 5.74) is 8.26. The number of nitrogens with zero attached hydrogens (tertiary/aromatic N) is 2. The van der Waals surface area contributed by atoms with Gasteiger partial charge in [-0.25, -0.2) is 9.97 Å². The van der Waals surface area contributed by atoms with Crippen molar-refractivity contribution in [3.05, 3.63) is 36.0 Å². The molecule has 0 aliphatic heterocycles. The Hall–Kier alpha value is -2.08. The van der Waals surface area contributed by atoms with Crippen LogP contribution in [-0.4, -0.2) is 15.9 Å². The fraction of sp³-hybridized carbons (Fsp3) is 0.353. The minimum atomic E-state index is 0.0521. The quantitative estimate of drug-likeness (QED) is 0.791. The Morgan fingerprint density at radius 3 is 2.78 bits per heavy atom. The van der Waals surface area contributed by atoms with Gasteiger partial charge in [-0.05, 0) is 49.4 Å². The first-order valence-corrected chi connectivity index (χ1v) is 8.43. The van der Waals surface area contributed by atoms with E-state index in [4.69, 9.17) is 5.73 Å². The van der Waals surface area contributed by atoms with Crippen LogP contribution in [0, 0.1) is 12.8 Å². The molecule has 0 radical (unpaired) electrons. The van der Waals surface area contributed by atoms with Crippen LogP contribution in [0.3, 0.4) is 0 Å². The molecular formula is C17H22N4OS. The Balaban J connectivity index is 2.04. The minimum absolute atomic E-state index is 0.0521. The van der Waals surface area contributed by atoms with E-state index >= 15 is 0 Å². The number of carbonyl (C=O) groups excluding carboxylic acids is 1. The molecule has 5 nitrogen and oxygen atoms in total. The maximum atomic E-state index is 11.8. The molecular weight excluding hydrogens is 308 g/mol. The highest BCUT2D eigenvalue weighted by Gasteiger charge is 2.07. The first-order chi connectivity index (χ1) is 10.9. The number of anilines is 1. The molecule has 1 aromatic carbocycles. The molecule has 2 rings (SSSR count). The number of aromatic nitrogens is 2. The van der Waals surface area contributed by atoms with Crippen LogP contribution in [-0.2, 0) is 4.79 Å². The van der Waals surface area contributed by atoms with Crippen LogP contribution in [0.1, 0.15) is 32.4 Å². The van der Waals surface area contributed by atoms with E-state index in [1.54, 1.807) is 0 Å². The van der Waals surface area contributed by atoms with Crippen molar-refractivity contribution < 1.29 is 4.79 Å². The highest BCUT2D eigenvalue weighted by Crippen LogP contribution is 2.24.